The van der Waals surface area contributed by atoms with Crippen LogP contribution >= 0.6 is 12.2 Å². The predicted molar refractivity (Wildman–Crippen MR) is 68.0 cm³/mol. The second-order valence-corrected chi connectivity index (χ2v) is 3.81. The van der Waals surface area contributed by atoms with Gasteiger partial charge in [-0.25, -0.2) is 0 Å². The van der Waals surface area contributed by atoms with E-state index in [9.17, 15) is 0 Å². The average molecular weight is 248 g/mol. The molecule has 0 aliphatic carbocycles. The molecule has 0 fully saturated rings. The van der Waals surface area contributed by atoms with Crippen molar-refractivity contribution in [2.75, 3.05) is 14.2 Å². The number of benzene rings is 1. The number of H-pyrrole nitrogens is 1. The van der Waals surface area contributed by atoms with Gasteiger partial charge in [0, 0.05) is 11.6 Å². The first-order chi connectivity index (χ1) is 8.24. The lowest BCUT2D eigenvalue weighted by Gasteiger charge is -2.09. The summed E-state index contributed by atoms with van der Waals surface area (Å²) in [6.07, 6.45) is 0. The number of rotatable bonds is 3. The third-order valence-corrected chi connectivity index (χ3v) is 2.59. The highest BCUT2D eigenvalue weighted by molar-refractivity contribution is 7.71. The summed E-state index contributed by atoms with van der Waals surface area (Å²) in [6.45, 7) is 0. The van der Waals surface area contributed by atoms with Crippen LogP contribution in [0.5, 0.6) is 11.5 Å². The Kier molecular flexibility index (Phi) is 3.39. The highest BCUT2D eigenvalue weighted by Crippen LogP contribution is 2.31. The Morgan fingerprint density at radius 1 is 1.12 bits per heavy atom. The molecule has 0 aliphatic rings. The van der Waals surface area contributed by atoms with E-state index in [4.69, 9.17) is 21.7 Å². The van der Waals surface area contributed by atoms with Gasteiger partial charge < -0.3 is 9.47 Å². The van der Waals surface area contributed by atoms with Gasteiger partial charge in [-0.05, 0) is 24.3 Å². The molecule has 1 N–H and O–H groups in total. The van der Waals surface area contributed by atoms with Crippen molar-refractivity contribution in [1.82, 2.24) is 10.2 Å². The Labute approximate surface area is 104 Å². The second kappa shape index (κ2) is 4.97. The van der Waals surface area contributed by atoms with Gasteiger partial charge >= 0.3 is 0 Å². The Morgan fingerprint density at radius 2 is 1.94 bits per heavy atom. The van der Waals surface area contributed by atoms with Crippen molar-refractivity contribution in [3.8, 4) is 22.8 Å². The summed E-state index contributed by atoms with van der Waals surface area (Å²) in [7, 11) is 3.23. The first-order valence-corrected chi connectivity index (χ1v) is 5.43. The number of hydrogen-bond acceptors (Lipinski definition) is 4. The Hall–Kier alpha value is -1.88. The van der Waals surface area contributed by atoms with Crippen molar-refractivity contribution < 1.29 is 9.47 Å². The number of aromatic nitrogens is 2. The lowest BCUT2D eigenvalue weighted by molar-refractivity contribution is 0.395. The number of nitrogens with zero attached hydrogens (tertiary/aromatic N) is 1. The van der Waals surface area contributed by atoms with E-state index in [1.165, 1.54) is 0 Å². The molecule has 4 nitrogen and oxygen atoms in total. The largest absolute Gasteiger partial charge is 0.497 e. The van der Waals surface area contributed by atoms with Crippen molar-refractivity contribution in [2.45, 2.75) is 0 Å². The molecule has 0 bridgehead atoms. The van der Waals surface area contributed by atoms with Gasteiger partial charge in [0.2, 0.25) is 0 Å². The molecular weight excluding hydrogens is 236 g/mol. The van der Waals surface area contributed by atoms with E-state index in [0.29, 0.717) is 10.4 Å². The molecule has 0 saturated carbocycles. The van der Waals surface area contributed by atoms with Gasteiger partial charge in [-0.2, -0.15) is 5.10 Å². The zero-order chi connectivity index (χ0) is 12.3. The fourth-order valence-corrected chi connectivity index (χ4v) is 1.62. The van der Waals surface area contributed by atoms with E-state index in [-0.39, 0.29) is 0 Å². The Bertz CT molecular complexity index is 560. The molecule has 17 heavy (non-hydrogen) atoms. The molecule has 2 rings (SSSR count). The molecule has 88 valence electrons. The normalized spacial score (nSPS) is 10.0. The van der Waals surface area contributed by atoms with Crippen LogP contribution in [0.15, 0.2) is 30.3 Å². The predicted octanol–water partition coefficient (Wildman–Crippen LogP) is 2.82. The molecule has 2 aromatic rings. The molecule has 1 aromatic carbocycles. The molecule has 1 heterocycles. The monoisotopic (exact) mass is 248 g/mol. The van der Waals surface area contributed by atoms with Crippen molar-refractivity contribution in [1.29, 1.82) is 0 Å². The summed E-state index contributed by atoms with van der Waals surface area (Å²) < 4.78 is 11.1. The maximum absolute atomic E-state index is 5.31. The SMILES string of the molecule is COc1ccc(-c2ccc(=S)[nH]n2)c(OC)c1. The van der Waals surface area contributed by atoms with E-state index in [1.807, 2.05) is 24.3 Å². The standard InChI is InChI=1S/C12H12N2O2S/c1-15-8-3-4-9(11(7-8)16-2)10-5-6-12(17)14-13-10/h3-7H,1-2H3,(H,14,17). The average Bonchev–Trinajstić information content (AvgIpc) is 2.39. The van der Waals surface area contributed by atoms with Crippen molar-refractivity contribution >= 4 is 12.2 Å². The molecule has 0 saturated heterocycles. The minimum atomic E-state index is 0.598. The molecular formula is C12H12N2O2S. The first kappa shape index (κ1) is 11.6. The maximum atomic E-state index is 5.31. The zero-order valence-corrected chi connectivity index (χ0v) is 10.4. The maximum Gasteiger partial charge on any atom is 0.132 e. The fraction of sp³-hybridized carbons (Fsp3) is 0.167. The Balaban J connectivity index is 2.51. The van der Waals surface area contributed by atoms with Gasteiger partial charge in [-0.3, -0.25) is 5.10 Å². The van der Waals surface area contributed by atoms with Gasteiger partial charge in [-0.1, -0.05) is 12.2 Å². The van der Waals surface area contributed by atoms with Crippen molar-refractivity contribution in [2.24, 2.45) is 0 Å². The van der Waals surface area contributed by atoms with Crippen LogP contribution in [0.4, 0.5) is 0 Å². The van der Waals surface area contributed by atoms with Crippen LogP contribution < -0.4 is 9.47 Å². The van der Waals surface area contributed by atoms with Gasteiger partial charge in [0.1, 0.15) is 16.1 Å². The molecule has 1 aromatic heterocycles. The van der Waals surface area contributed by atoms with Crippen molar-refractivity contribution in [3.05, 3.63) is 35.0 Å². The molecule has 0 radical (unpaired) electrons. The van der Waals surface area contributed by atoms with Gasteiger partial charge in [0.25, 0.3) is 0 Å². The number of methoxy groups -OCH3 is 2. The van der Waals surface area contributed by atoms with Crippen LogP contribution in [-0.4, -0.2) is 24.4 Å². The summed E-state index contributed by atoms with van der Waals surface area (Å²) in [5, 5.41) is 6.92. The summed E-state index contributed by atoms with van der Waals surface area (Å²) in [6, 6.07) is 9.22. The van der Waals surface area contributed by atoms with Gasteiger partial charge in [0.05, 0.1) is 19.9 Å². The minimum absolute atomic E-state index is 0.598. The minimum Gasteiger partial charge on any atom is -0.497 e. The van der Waals surface area contributed by atoms with Crippen LogP contribution in [0.1, 0.15) is 0 Å². The molecule has 0 amide bonds. The van der Waals surface area contributed by atoms with E-state index < -0.39 is 0 Å². The third kappa shape index (κ3) is 2.45. The van der Waals surface area contributed by atoms with Crippen molar-refractivity contribution in [3.63, 3.8) is 0 Å². The highest BCUT2D eigenvalue weighted by atomic mass is 32.1. The van der Waals surface area contributed by atoms with Crippen LogP contribution in [0, 0.1) is 4.64 Å². The highest BCUT2D eigenvalue weighted by Gasteiger charge is 2.08. The van der Waals surface area contributed by atoms with E-state index in [1.54, 1.807) is 20.3 Å². The number of ether oxygens (including phenoxy) is 2. The Morgan fingerprint density at radius 3 is 2.53 bits per heavy atom. The van der Waals surface area contributed by atoms with Gasteiger partial charge in [0.15, 0.2) is 0 Å². The molecule has 0 unspecified atom stereocenters. The lowest BCUT2D eigenvalue weighted by Crippen LogP contribution is -1.93. The molecule has 0 aliphatic heterocycles. The number of hydrogen-bond donors (Lipinski definition) is 1. The van der Waals surface area contributed by atoms with Crippen LogP contribution in [0.3, 0.4) is 0 Å². The topological polar surface area (TPSA) is 47.1 Å². The first-order valence-electron chi connectivity index (χ1n) is 5.02. The number of aromatic amines is 1. The number of nitrogens with one attached hydrogen (secondary N) is 1. The molecule has 5 heteroatoms. The smallest absolute Gasteiger partial charge is 0.132 e. The van der Waals surface area contributed by atoms with Crippen LogP contribution in [-0.2, 0) is 0 Å². The quantitative estimate of drug-likeness (QED) is 0.848. The summed E-state index contributed by atoms with van der Waals surface area (Å²) in [5.41, 5.74) is 1.66. The summed E-state index contributed by atoms with van der Waals surface area (Å²) >= 11 is 4.95. The summed E-state index contributed by atoms with van der Waals surface area (Å²) in [4.78, 5) is 0. The van der Waals surface area contributed by atoms with E-state index in [0.717, 1.165) is 17.0 Å². The van der Waals surface area contributed by atoms with E-state index >= 15 is 0 Å². The fourth-order valence-electron chi connectivity index (χ4n) is 1.50. The van der Waals surface area contributed by atoms with Gasteiger partial charge in [-0.15, -0.1) is 0 Å². The van der Waals surface area contributed by atoms with Crippen LogP contribution in [0.2, 0.25) is 0 Å². The zero-order valence-electron chi connectivity index (χ0n) is 9.56. The van der Waals surface area contributed by atoms with Crippen LogP contribution in [0.25, 0.3) is 11.3 Å². The molecule has 0 atom stereocenters. The third-order valence-electron chi connectivity index (χ3n) is 2.36. The second-order valence-electron chi connectivity index (χ2n) is 3.37. The summed E-state index contributed by atoms with van der Waals surface area (Å²) in [5.74, 6) is 1.46. The lowest BCUT2D eigenvalue weighted by atomic mass is 10.1. The molecule has 0 spiro atoms. The van der Waals surface area contributed by atoms with E-state index in [2.05, 4.69) is 10.2 Å².